The molecule has 1 aromatic rings. The molecule has 0 saturated carbocycles. The fourth-order valence-corrected chi connectivity index (χ4v) is 4.29. The van der Waals surface area contributed by atoms with Crippen LogP contribution in [0.25, 0.3) is 0 Å². The molecule has 10 heteroatoms. The first-order valence-electron chi connectivity index (χ1n) is 10.7. The van der Waals surface area contributed by atoms with Gasteiger partial charge in [0.15, 0.2) is 5.96 Å². The SMILES string of the molecule is CN=C(NCCC1CCN(CC(F)(F)F)CC1)N1CCN(c2cc(F)ccc2F)CC1. The lowest BCUT2D eigenvalue weighted by atomic mass is 9.93. The van der Waals surface area contributed by atoms with Gasteiger partial charge in [0, 0.05) is 45.8 Å². The minimum absolute atomic E-state index is 0.277. The fraction of sp³-hybridized carbons (Fsp3) is 0.667. The average Bonchev–Trinajstić information content (AvgIpc) is 2.73. The van der Waals surface area contributed by atoms with Gasteiger partial charge in [-0.05, 0) is 50.4 Å². The van der Waals surface area contributed by atoms with E-state index in [1.165, 1.54) is 11.0 Å². The van der Waals surface area contributed by atoms with Crippen molar-refractivity contribution in [3.05, 3.63) is 29.8 Å². The van der Waals surface area contributed by atoms with E-state index in [2.05, 4.69) is 15.2 Å². The van der Waals surface area contributed by atoms with Gasteiger partial charge in [-0.25, -0.2) is 8.78 Å². The molecular formula is C21H30F5N5. The number of nitrogens with zero attached hydrogens (tertiary/aromatic N) is 4. The highest BCUT2D eigenvalue weighted by molar-refractivity contribution is 5.80. The number of halogens is 5. The number of aliphatic imine (C=N–C) groups is 1. The molecule has 3 rings (SSSR count). The van der Waals surface area contributed by atoms with Gasteiger partial charge in [-0.15, -0.1) is 0 Å². The Morgan fingerprint density at radius 1 is 1.06 bits per heavy atom. The third kappa shape index (κ3) is 6.95. The van der Waals surface area contributed by atoms with Gasteiger partial charge in [-0.2, -0.15) is 13.2 Å². The number of hydrogen-bond acceptors (Lipinski definition) is 3. The largest absolute Gasteiger partial charge is 0.401 e. The molecule has 0 bridgehead atoms. The number of anilines is 1. The molecule has 2 aliphatic rings. The number of nitrogens with one attached hydrogen (secondary N) is 1. The number of benzene rings is 1. The summed E-state index contributed by atoms with van der Waals surface area (Å²) in [5.41, 5.74) is 0.277. The first-order chi connectivity index (χ1) is 14.7. The van der Waals surface area contributed by atoms with Crippen molar-refractivity contribution in [3.8, 4) is 0 Å². The summed E-state index contributed by atoms with van der Waals surface area (Å²) in [7, 11) is 1.70. The Morgan fingerprint density at radius 2 is 1.74 bits per heavy atom. The highest BCUT2D eigenvalue weighted by Gasteiger charge is 2.32. The molecule has 1 N–H and O–H groups in total. The summed E-state index contributed by atoms with van der Waals surface area (Å²) in [6.45, 7) is 3.22. The maximum Gasteiger partial charge on any atom is 0.401 e. The van der Waals surface area contributed by atoms with Gasteiger partial charge in [0.2, 0.25) is 0 Å². The highest BCUT2D eigenvalue weighted by Crippen LogP contribution is 2.24. The van der Waals surface area contributed by atoms with Crippen molar-refractivity contribution < 1.29 is 22.0 Å². The van der Waals surface area contributed by atoms with E-state index in [-0.39, 0.29) is 5.69 Å². The Labute approximate surface area is 179 Å². The predicted molar refractivity (Wildman–Crippen MR) is 111 cm³/mol. The van der Waals surface area contributed by atoms with Crippen LogP contribution in [0, 0.1) is 17.6 Å². The summed E-state index contributed by atoms with van der Waals surface area (Å²) >= 11 is 0. The van der Waals surface area contributed by atoms with Crippen molar-refractivity contribution in [2.24, 2.45) is 10.9 Å². The Balaban J connectivity index is 1.39. The molecule has 174 valence electrons. The highest BCUT2D eigenvalue weighted by atomic mass is 19.4. The summed E-state index contributed by atoms with van der Waals surface area (Å²) < 4.78 is 65.0. The van der Waals surface area contributed by atoms with Gasteiger partial charge < -0.3 is 15.1 Å². The van der Waals surface area contributed by atoms with E-state index in [4.69, 9.17) is 0 Å². The van der Waals surface area contributed by atoms with Crippen molar-refractivity contribution in [2.45, 2.75) is 25.4 Å². The zero-order chi connectivity index (χ0) is 22.4. The Morgan fingerprint density at radius 3 is 2.35 bits per heavy atom. The molecule has 2 heterocycles. The second-order valence-electron chi connectivity index (χ2n) is 8.17. The van der Waals surface area contributed by atoms with Crippen LogP contribution in [0.5, 0.6) is 0 Å². The Hall–Kier alpha value is -2.10. The molecule has 2 saturated heterocycles. The van der Waals surface area contributed by atoms with Crippen LogP contribution in [0.2, 0.25) is 0 Å². The second-order valence-corrected chi connectivity index (χ2v) is 8.17. The van der Waals surface area contributed by atoms with Crippen molar-refractivity contribution in [3.63, 3.8) is 0 Å². The number of piperazine rings is 1. The molecule has 0 spiro atoms. The van der Waals surface area contributed by atoms with Crippen LogP contribution in [0.4, 0.5) is 27.6 Å². The van der Waals surface area contributed by atoms with Crippen LogP contribution in [0.15, 0.2) is 23.2 Å². The Bertz CT molecular complexity index is 738. The van der Waals surface area contributed by atoms with E-state index in [9.17, 15) is 22.0 Å². The predicted octanol–water partition coefficient (Wildman–Crippen LogP) is 3.33. The van der Waals surface area contributed by atoms with Crippen LogP contribution >= 0.6 is 0 Å². The van der Waals surface area contributed by atoms with E-state index in [0.29, 0.717) is 51.7 Å². The van der Waals surface area contributed by atoms with Crippen LogP contribution in [0.3, 0.4) is 0 Å². The smallest absolute Gasteiger partial charge is 0.366 e. The molecule has 0 radical (unpaired) electrons. The van der Waals surface area contributed by atoms with Gasteiger partial charge in [0.05, 0.1) is 12.2 Å². The third-order valence-electron chi connectivity index (χ3n) is 5.99. The molecule has 2 aliphatic heterocycles. The minimum atomic E-state index is -4.13. The Kier molecular flexibility index (Phi) is 7.96. The molecule has 0 amide bonds. The number of piperidine rings is 1. The average molecular weight is 447 g/mol. The van der Waals surface area contributed by atoms with E-state index in [0.717, 1.165) is 37.4 Å². The zero-order valence-electron chi connectivity index (χ0n) is 17.8. The summed E-state index contributed by atoms with van der Waals surface area (Å²) in [4.78, 5) is 9.71. The standard InChI is InChI=1S/C21H30F5N5/c1-27-20(28-7-4-16-5-8-29(9-6-16)15-21(24,25)26)31-12-10-30(11-13-31)19-14-17(22)2-3-18(19)23/h2-3,14,16H,4-13,15H2,1H3,(H,27,28). The summed E-state index contributed by atoms with van der Waals surface area (Å²) in [5.74, 6) is 0.274. The van der Waals surface area contributed by atoms with Crippen LogP contribution < -0.4 is 10.2 Å². The van der Waals surface area contributed by atoms with E-state index in [1.54, 1.807) is 7.05 Å². The van der Waals surface area contributed by atoms with E-state index >= 15 is 0 Å². The minimum Gasteiger partial charge on any atom is -0.366 e. The molecule has 0 aromatic heterocycles. The first-order valence-corrected chi connectivity index (χ1v) is 10.7. The maximum absolute atomic E-state index is 14.0. The number of alkyl halides is 3. The molecule has 5 nitrogen and oxygen atoms in total. The quantitative estimate of drug-likeness (QED) is 0.427. The monoisotopic (exact) mass is 447 g/mol. The first kappa shape index (κ1) is 23.6. The van der Waals surface area contributed by atoms with Crippen LogP contribution in [-0.2, 0) is 0 Å². The lowest BCUT2D eigenvalue weighted by Gasteiger charge is -2.38. The number of rotatable bonds is 5. The van der Waals surface area contributed by atoms with Crippen molar-refractivity contribution in [2.75, 3.05) is 64.3 Å². The van der Waals surface area contributed by atoms with Gasteiger partial charge in [-0.1, -0.05) is 0 Å². The van der Waals surface area contributed by atoms with Gasteiger partial charge in [0.25, 0.3) is 0 Å². The van der Waals surface area contributed by atoms with Gasteiger partial charge >= 0.3 is 6.18 Å². The van der Waals surface area contributed by atoms with Gasteiger partial charge in [0.1, 0.15) is 11.6 Å². The number of hydrogen-bond donors (Lipinski definition) is 1. The molecule has 0 unspecified atom stereocenters. The van der Waals surface area contributed by atoms with Crippen molar-refractivity contribution >= 4 is 11.6 Å². The van der Waals surface area contributed by atoms with Crippen LogP contribution in [-0.4, -0.2) is 81.3 Å². The topological polar surface area (TPSA) is 34.1 Å². The maximum atomic E-state index is 14.0. The second kappa shape index (κ2) is 10.5. The molecule has 2 fully saturated rings. The fourth-order valence-electron chi connectivity index (χ4n) is 4.29. The zero-order valence-corrected chi connectivity index (χ0v) is 17.8. The molecular weight excluding hydrogens is 417 g/mol. The third-order valence-corrected chi connectivity index (χ3v) is 5.99. The van der Waals surface area contributed by atoms with Gasteiger partial charge in [-0.3, -0.25) is 9.89 Å². The number of likely N-dealkylation sites (tertiary alicyclic amines) is 1. The molecule has 1 aromatic carbocycles. The lowest BCUT2D eigenvalue weighted by Crippen LogP contribution is -2.53. The summed E-state index contributed by atoms with van der Waals surface area (Å²) in [6.07, 6.45) is -1.71. The normalized spacial score (nSPS) is 19.7. The molecule has 0 aliphatic carbocycles. The summed E-state index contributed by atoms with van der Waals surface area (Å²) in [5, 5.41) is 3.34. The van der Waals surface area contributed by atoms with Crippen molar-refractivity contribution in [1.82, 2.24) is 15.1 Å². The molecule has 0 atom stereocenters. The molecule has 31 heavy (non-hydrogen) atoms. The van der Waals surface area contributed by atoms with E-state index in [1.807, 2.05) is 4.90 Å². The van der Waals surface area contributed by atoms with Crippen molar-refractivity contribution in [1.29, 1.82) is 0 Å². The number of guanidine groups is 1. The summed E-state index contributed by atoms with van der Waals surface area (Å²) in [6, 6.07) is 3.48. The van der Waals surface area contributed by atoms with E-state index < -0.39 is 24.4 Å². The van der Waals surface area contributed by atoms with Crippen LogP contribution in [0.1, 0.15) is 19.3 Å². The lowest BCUT2D eigenvalue weighted by molar-refractivity contribution is -0.148.